The van der Waals surface area contributed by atoms with E-state index in [1.54, 1.807) is 11.3 Å². The standard InChI is InChI=1S/C6H8S.C6H14/c1-5-3-4-7-6(5)2;1-3-5-6-4-2/h3-4H,1-2H3;3-6H2,1-2H3. The second-order valence-electron chi connectivity index (χ2n) is 3.37. The minimum absolute atomic E-state index is 1.36. The minimum atomic E-state index is 1.36. The van der Waals surface area contributed by atoms with E-state index in [2.05, 4.69) is 39.1 Å². The molecule has 0 fully saturated rings. The maximum absolute atomic E-state index is 2.23. The molecule has 0 atom stereocenters. The molecule has 0 bridgehead atoms. The van der Waals surface area contributed by atoms with Gasteiger partial charge in [-0.25, -0.2) is 0 Å². The highest BCUT2D eigenvalue weighted by Crippen LogP contribution is 2.12. The van der Waals surface area contributed by atoms with Crippen molar-refractivity contribution in [2.24, 2.45) is 0 Å². The number of hydrogen-bond acceptors (Lipinski definition) is 1. The lowest BCUT2D eigenvalue weighted by Gasteiger charge is -1.86. The van der Waals surface area contributed by atoms with Crippen LogP contribution >= 0.6 is 11.3 Å². The van der Waals surface area contributed by atoms with Crippen LogP contribution in [0.15, 0.2) is 11.4 Å². The van der Waals surface area contributed by atoms with E-state index in [9.17, 15) is 0 Å². The van der Waals surface area contributed by atoms with E-state index in [0.29, 0.717) is 0 Å². The van der Waals surface area contributed by atoms with Crippen molar-refractivity contribution in [1.29, 1.82) is 0 Å². The Morgan fingerprint density at radius 3 is 1.77 bits per heavy atom. The largest absolute Gasteiger partial charge is 0.149 e. The van der Waals surface area contributed by atoms with E-state index >= 15 is 0 Å². The van der Waals surface area contributed by atoms with Gasteiger partial charge < -0.3 is 0 Å². The zero-order valence-electron chi connectivity index (χ0n) is 9.39. The van der Waals surface area contributed by atoms with Gasteiger partial charge in [0.25, 0.3) is 0 Å². The van der Waals surface area contributed by atoms with E-state index in [1.807, 2.05) is 0 Å². The average Bonchev–Trinajstić information content (AvgIpc) is 2.49. The highest BCUT2D eigenvalue weighted by molar-refractivity contribution is 7.10. The average molecular weight is 198 g/mol. The zero-order valence-corrected chi connectivity index (χ0v) is 10.2. The summed E-state index contributed by atoms with van der Waals surface area (Å²) >= 11 is 1.80. The summed E-state index contributed by atoms with van der Waals surface area (Å²) in [5.74, 6) is 0. The van der Waals surface area contributed by atoms with Crippen LogP contribution in [0.25, 0.3) is 0 Å². The van der Waals surface area contributed by atoms with Crippen LogP contribution in [0, 0.1) is 13.8 Å². The zero-order chi connectivity index (χ0) is 10.1. The summed E-state index contributed by atoms with van der Waals surface area (Å²) in [7, 11) is 0. The summed E-state index contributed by atoms with van der Waals surface area (Å²) in [5.41, 5.74) is 1.41. The van der Waals surface area contributed by atoms with Gasteiger partial charge in [0.2, 0.25) is 0 Å². The van der Waals surface area contributed by atoms with Crippen LogP contribution < -0.4 is 0 Å². The third kappa shape index (κ3) is 6.83. The molecule has 0 aliphatic heterocycles. The predicted octanol–water partition coefficient (Wildman–Crippen LogP) is 4.95. The minimum Gasteiger partial charge on any atom is -0.149 e. The smallest absolute Gasteiger partial charge is 0.00433 e. The maximum Gasteiger partial charge on any atom is 0.00433 e. The predicted molar refractivity (Wildman–Crippen MR) is 63.6 cm³/mol. The van der Waals surface area contributed by atoms with Gasteiger partial charge in [-0.3, -0.25) is 0 Å². The van der Waals surface area contributed by atoms with Gasteiger partial charge in [0, 0.05) is 4.88 Å². The van der Waals surface area contributed by atoms with Crippen molar-refractivity contribution in [2.75, 3.05) is 0 Å². The molecular formula is C12H22S. The summed E-state index contributed by atoms with van der Waals surface area (Å²) in [6.07, 6.45) is 5.54. The highest BCUT2D eigenvalue weighted by Gasteiger charge is 1.87. The van der Waals surface area contributed by atoms with E-state index in [1.165, 1.54) is 36.1 Å². The van der Waals surface area contributed by atoms with Gasteiger partial charge in [-0.2, -0.15) is 0 Å². The Balaban J connectivity index is 0.000000226. The van der Waals surface area contributed by atoms with Crippen LogP contribution in [0.4, 0.5) is 0 Å². The molecule has 13 heavy (non-hydrogen) atoms. The van der Waals surface area contributed by atoms with Gasteiger partial charge in [-0.1, -0.05) is 39.5 Å². The number of hydrogen-bond donors (Lipinski definition) is 0. The first-order valence-electron chi connectivity index (χ1n) is 5.23. The lowest BCUT2D eigenvalue weighted by Crippen LogP contribution is -1.66. The van der Waals surface area contributed by atoms with Gasteiger partial charge in [0.05, 0.1) is 0 Å². The summed E-state index contributed by atoms with van der Waals surface area (Å²) in [4.78, 5) is 1.43. The van der Waals surface area contributed by atoms with Crippen LogP contribution in [0.1, 0.15) is 50.0 Å². The summed E-state index contributed by atoms with van der Waals surface area (Å²) in [5, 5.41) is 2.12. The molecule has 1 aromatic heterocycles. The third-order valence-corrected chi connectivity index (χ3v) is 3.02. The molecule has 0 unspecified atom stereocenters. The number of rotatable bonds is 3. The fraction of sp³-hybridized carbons (Fsp3) is 0.667. The molecule has 0 aromatic carbocycles. The van der Waals surface area contributed by atoms with Crippen LogP contribution in [-0.4, -0.2) is 0 Å². The molecule has 0 amide bonds. The Morgan fingerprint density at radius 1 is 1.08 bits per heavy atom. The summed E-state index contributed by atoms with van der Waals surface area (Å²) in [6.45, 7) is 8.73. The van der Waals surface area contributed by atoms with Crippen LogP contribution in [0.2, 0.25) is 0 Å². The normalized spacial score (nSPS) is 9.23. The molecule has 1 heterocycles. The highest BCUT2D eigenvalue weighted by atomic mass is 32.1. The van der Waals surface area contributed by atoms with Gasteiger partial charge in [0.1, 0.15) is 0 Å². The van der Waals surface area contributed by atoms with E-state index in [0.717, 1.165) is 0 Å². The molecule has 76 valence electrons. The van der Waals surface area contributed by atoms with Crippen molar-refractivity contribution in [2.45, 2.75) is 53.4 Å². The van der Waals surface area contributed by atoms with Crippen molar-refractivity contribution < 1.29 is 0 Å². The van der Waals surface area contributed by atoms with Gasteiger partial charge in [-0.15, -0.1) is 11.3 Å². The fourth-order valence-electron chi connectivity index (χ4n) is 0.948. The van der Waals surface area contributed by atoms with Crippen molar-refractivity contribution in [3.05, 3.63) is 21.9 Å². The molecule has 0 nitrogen and oxygen atoms in total. The Hall–Kier alpha value is -0.300. The van der Waals surface area contributed by atoms with Gasteiger partial charge in [-0.05, 0) is 30.9 Å². The van der Waals surface area contributed by atoms with Crippen molar-refractivity contribution in [1.82, 2.24) is 0 Å². The molecule has 0 aliphatic rings. The van der Waals surface area contributed by atoms with E-state index < -0.39 is 0 Å². The Labute approximate surface area is 87.0 Å². The Bertz CT molecular complexity index is 180. The van der Waals surface area contributed by atoms with Crippen molar-refractivity contribution >= 4 is 11.3 Å². The van der Waals surface area contributed by atoms with Gasteiger partial charge >= 0.3 is 0 Å². The first-order chi connectivity index (χ1) is 6.22. The summed E-state index contributed by atoms with van der Waals surface area (Å²) < 4.78 is 0. The Kier molecular flexibility index (Phi) is 8.11. The molecule has 0 spiro atoms. The molecule has 1 heteroatoms. The SMILES string of the molecule is CCCCCC.Cc1ccsc1C. The van der Waals surface area contributed by atoms with Crippen LogP contribution in [-0.2, 0) is 0 Å². The Morgan fingerprint density at radius 2 is 1.62 bits per heavy atom. The molecule has 0 saturated heterocycles. The molecule has 0 radical (unpaired) electrons. The molecular weight excluding hydrogens is 176 g/mol. The maximum atomic E-state index is 2.23. The van der Waals surface area contributed by atoms with E-state index in [-0.39, 0.29) is 0 Å². The monoisotopic (exact) mass is 198 g/mol. The van der Waals surface area contributed by atoms with Crippen LogP contribution in [0.5, 0.6) is 0 Å². The number of unbranched alkanes of at least 4 members (excludes halogenated alkanes) is 3. The lowest BCUT2D eigenvalue weighted by atomic mass is 10.2. The fourth-order valence-corrected chi connectivity index (χ4v) is 1.68. The third-order valence-electron chi connectivity index (χ3n) is 2.08. The summed E-state index contributed by atoms with van der Waals surface area (Å²) in [6, 6.07) is 2.14. The first-order valence-corrected chi connectivity index (χ1v) is 6.11. The molecule has 0 N–H and O–H groups in total. The number of thiophene rings is 1. The lowest BCUT2D eigenvalue weighted by molar-refractivity contribution is 0.702. The second kappa shape index (κ2) is 8.31. The topological polar surface area (TPSA) is 0 Å². The molecule has 1 aromatic rings. The van der Waals surface area contributed by atoms with Crippen LogP contribution in [0.3, 0.4) is 0 Å². The first kappa shape index (κ1) is 12.7. The molecule has 0 saturated carbocycles. The number of aryl methyl sites for hydroxylation is 2. The van der Waals surface area contributed by atoms with Gasteiger partial charge in [0.15, 0.2) is 0 Å². The molecule has 0 aliphatic carbocycles. The van der Waals surface area contributed by atoms with Crippen molar-refractivity contribution in [3.8, 4) is 0 Å². The van der Waals surface area contributed by atoms with E-state index in [4.69, 9.17) is 0 Å². The molecule has 1 rings (SSSR count). The quantitative estimate of drug-likeness (QED) is 0.603. The van der Waals surface area contributed by atoms with Crippen molar-refractivity contribution in [3.63, 3.8) is 0 Å². The second-order valence-corrected chi connectivity index (χ2v) is 4.49.